The highest BCUT2D eigenvalue weighted by Crippen LogP contribution is 2.43. The van der Waals surface area contributed by atoms with E-state index in [1.54, 1.807) is 0 Å². The Morgan fingerprint density at radius 1 is 0.941 bits per heavy atom. The topological polar surface area (TPSA) is 0 Å². The molecule has 2 aromatic rings. The average molecular weight is 238 g/mol. The fourth-order valence-corrected chi connectivity index (χ4v) is 2.83. The van der Waals surface area contributed by atoms with E-state index in [1.807, 2.05) is 0 Å². The second-order valence-electron chi connectivity index (χ2n) is 4.54. The van der Waals surface area contributed by atoms with Crippen LogP contribution in [0.3, 0.4) is 0 Å². The van der Waals surface area contributed by atoms with Crippen molar-refractivity contribution in [2.24, 2.45) is 0 Å². The largest absolute Gasteiger partial charge is 0.125 e. The van der Waals surface area contributed by atoms with Crippen molar-refractivity contribution < 1.29 is 0 Å². The summed E-state index contributed by atoms with van der Waals surface area (Å²) in [6.07, 6.45) is 2.31. The van der Waals surface area contributed by atoms with Crippen molar-refractivity contribution >= 4 is 15.3 Å². The Hall–Kier alpha value is -1.39. The van der Waals surface area contributed by atoms with Gasteiger partial charge in [-0.1, -0.05) is 60.2 Å². The van der Waals surface area contributed by atoms with Gasteiger partial charge >= 0.3 is 0 Å². The minimum absolute atomic E-state index is 0.480. The summed E-state index contributed by atoms with van der Waals surface area (Å²) in [6, 6.07) is 17.2. The Kier molecular flexibility index (Phi) is 2.61. The number of hydrogen-bond donors (Lipinski definition) is 0. The van der Waals surface area contributed by atoms with Crippen molar-refractivity contribution in [3.05, 3.63) is 65.2 Å². The molecule has 2 aromatic carbocycles. The molecule has 84 valence electrons. The summed E-state index contributed by atoms with van der Waals surface area (Å²) in [7, 11) is 2.93. The first-order valence-electron chi connectivity index (χ1n) is 5.89. The van der Waals surface area contributed by atoms with Gasteiger partial charge in [0.25, 0.3) is 0 Å². The third-order valence-electron chi connectivity index (χ3n) is 3.42. The zero-order chi connectivity index (χ0) is 11.8. The van der Waals surface area contributed by atoms with Gasteiger partial charge in [0.05, 0.1) is 0 Å². The molecule has 0 aromatic heterocycles. The Morgan fingerprint density at radius 2 is 1.71 bits per heavy atom. The van der Waals surface area contributed by atoms with Crippen molar-refractivity contribution in [1.82, 2.24) is 0 Å². The number of fused-ring (bicyclic) bond motifs is 1. The summed E-state index contributed by atoms with van der Waals surface area (Å²) in [5.41, 5.74) is 7.35. The highest BCUT2D eigenvalue weighted by atomic mass is 31.0. The Morgan fingerprint density at radius 3 is 2.47 bits per heavy atom. The molecule has 0 radical (unpaired) electrons. The first-order valence-corrected chi connectivity index (χ1v) is 6.56. The minimum atomic E-state index is 0.480. The molecule has 0 fully saturated rings. The van der Waals surface area contributed by atoms with E-state index in [0.29, 0.717) is 5.66 Å². The van der Waals surface area contributed by atoms with E-state index in [4.69, 9.17) is 0 Å². The van der Waals surface area contributed by atoms with Gasteiger partial charge < -0.3 is 0 Å². The molecular weight excluding hydrogens is 223 g/mol. The van der Waals surface area contributed by atoms with E-state index in [9.17, 15) is 0 Å². The monoisotopic (exact) mass is 238 g/mol. The molecule has 1 aliphatic carbocycles. The summed E-state index contributed by atoms with van der Waals surface area (Å²) in [4.78, 5) is 0. The first-order chi connectivity index (χ1) is 8.27. The molecule has 2 atom stereocenters. The number of benzene rings is 2. The van der Waals surface area contributed by atoms with Gasteiger partial charge in [-0.05, 0) is 29.2 Å². The highest BCUT2D eigenvalue weighted by molar-refractivity contribution is 7.17. The molecule has 0 heterocycles. The molecule has 0 bridgehead atoms. The molecule has 0 spiro atoms. The van der Waals surface area contributed by atoms with Gasteiger partial charge in [0.1, 0.15) is 0 Å². The van der Waals surface area contributed by atoms with Crippen LogP contribution < -0.4 is 0 Å². The van der Waals surface area contributed by atoms with Gasteiger partial charge in [0.2, 0.25) is 0 Å². The summed E-state index contributed by atoms with van der Waals surface area (Å²) in [5, 5.41) is 0. The first kappa shape index (κ1) is 10.7. The summed E-state index contributed by atoms with van der Waals surface area (Å²) in [6.45, 7) is 2.20. The molecule has 1 heteroatoms. The predicted molar refractivity (Wildman–Crippen MR) is 78.0 cm³/mol. The van der Waals surface area contributed by atoms with E-state index in [0.717, 1.165) is 0 Å². The molecule has 2 unspecified atom stereocenters. The van der Waals surface area contributed by atoms with Crippen LogP contribution in [0.15, 0.2) is 54.1 Å². The fourth-order valence-electron chi connectivity index (χ4n) is 2.45. The van der Waals surface area contributed by atoms with Crippen molar-refractivity contribution in [3.63, 3.8) is 0 Å². The van der Waals surface area contributed by atoms with Gasteiger partial charge in [-0.3, -0.25) is 0 Å². The zero-order valence-corrected chi connectivity index (χ0v) is 11.0. The molecule has 17 heavy (non-hydrogen) atoms. The lowest BCUT2D eigenvalue weighted by atomic mass is 9.97. The zero-order valence-electron chi connectivity index (χ0n) is 9.85. The quantitative estimate of drug-likeness (QED) is 0.632. The van der Waals surface area contributed by atoms with Gasteiger partial charge in [-0.2, -0.15) is 0 Å². The minimum Gasteiger partial charge on any atom is -0.125 e. The summed E-state index contributed by atoms with van der Waals surface area (Å²) < 4.78 is 0. The van der Waals surface area contributed by atoms with Crippen LogP contribution in [-0.4, -0.2) is 0 Å². The average Bonchev–Trinajstić information content (AvgIpc) is 2.67. The Labute approximate surface area is 105 Å². The number of rotatable bonds is 1. The van der Waals surface area contributed by atoms with Crippen LogP contribution in [0.25, 0.3) is 17.2 Å². The summed E-state index contributed by atoms with van der Waals surface area (Å²) >= 11 is 0. The van der Waals surface area contributed by atoms with Gasteiger partial charge in [0, 0.05) is 5.66 Å². The maximum absolute atomic E-state index is 2.93. The van der Waals surface area contributed by atoms with Crippen molar-refractivity contribution in [3.8, 4) is 11.1 Å². The maximum Gasteiger partial charge on any atom is 0.0199 e. The molecule has 0 saturated heterocycles. The Balaban J connectivity index is 2.22. The maximum atomic E-state index is 2.93. The molecular formula is C16H15P. The van der Waals surface area contributed by atoms with Crippen LogP contribution in [0, 0.1) is 0 Å². The molecule has 0 aliphatic heterocycles. The van der Waals surface area contributed by atoms with Crippen LogP contribution in [0.5, 0.6) is 0 Å². The van der Waals surface area contributed by atoms with E-state index < -0.39 is 0 Å². The molecule has 3 rings (SSSR count). The smallest absolute Gasteiger partial charge is 0.0199 e. The van der Waals surface area contributed by atoms with E-state index in [-0.39, 0.29) is 0 Å². The number of hydrogen-bond acceptors (Lipinski definition) is 0. The fraction of sp³-hybridized carbons (Fsp3) is 0.125. The third kappa shape index (κ3) is 1.73. The molecule has 0 nitrogen and oxygen atoms in total. The van der Waals surface area contributed by atoms with Crippen LogP contribution in [0.4, 0.5) is 0 Å². The van der Waals surface area contributed by atoms with Crippen molar-refractivity contribution in [1.29, 1.82) is 0 Å². The standard InChI is InChI=1S/C16H15P/c1-11-10-15-13(12-6-3-2-4-7-12)8-5-9-14(15)16(11)17/h2-10,16H,17H2,1H3. The van der Waals surface area contributed by atoms with Crippen LogP contribution in [-0.2, 0) is 0 Å². The second kappa shape index (κ2) is 4.13. The van der Waals surface area contributed by atoms with Crippen LogP contribution in [0.1, 0.15) is 23.7 Å². The van der Waals surface area contributed by atoms with Gasteiger partial charge in [-0.25, -0.2) is 0 Å². The molecule has 1 aliphatic rings. The molecule has 0 amide bonds. The van der Waals surface area contributed by atoms with E-state index >= 15 is 0 Å². The highest BCUT2D eigenvalue weighted by Gasteiger charge is 2.20. The van der Waals surface area contributed by atoms with Crippen molar-refractivity contribution in [2.45, 2.75) is 12.6 Å². The lowest BCUT2D eigenvalue weighted by Crippen LogP contribution is -1.89. The van der Waals surface area contributed by atoms with Gasteiger partial charge in [-0.15, -0.1) is 9.24 Å². The van der Waals surface area contributed by atoms with Crippen LogP contribution >= 0.6 is 9.24 Å². The third-order valence-corrected chi connectivity index (χ3v) is 4.31. The lowest BCUT2D eigenvalue weighted by molar-refractivity contribution is 1.16. The summed E-state index contributed by atoms with van der Waals surface area (Å²) in [5.74, 6) is 0. The SMILES string of the molecule is CC1=Cc2c(-c3ccccc3)cccc2C1P. The normalized spacial score (nSPS) is 17.8. The molecule has 0 N–H and O–H groups in total. The van der Waals surface area contributed by atoms with E-state index in [1.165, 1.54) is 27.8 Å². The lowest BCUT2D eigenvalue weighted by Gasteiger charge is -2.10. The van der Waals surface area contributed by atoms with Crippen molar-refractivity contribution in [2.75, 3.05) is 0 Å². The Bertz CT molecular complexity index is 582. The van der Waals surface area contributed by atoms with E-state index in [2.05, 4.69) is 70.8 Å². The second-order valence-corrected chi connectivity index (χ2v) is 5.21. The predicted octanol–water partition coefficient (Wildman–Crippen LogP) is 4.69. The van der Waals surface area contributed by atoms with Crippen LogP contribution in [0.2, 0.25) is 0 Å². The number of allylic oxidation sites excluding steroid dienone is 1. The van der Waals surface area contributed by atoms with Gasteiger partial charge in [0.15, 0.2) is 0 Å². The molecule has 0 saturated carbocycles.